The quantitative estimate of drug-likeness (QED) is 0.443. The maximum atomic E-state index is 12.8. The molecule has 1 N–H and O–H groups in total. The van der Waals surface area contributed by atoms with Crippen molar-refractivity contribution in [3.05, 3.63) is 29.3 Å². The van der Waals surface area contributed by atoms with Gasteiger partial charge in [-0.3, -0.25) is 24.5 Å². The second-order valence-electron chi connectivity index (χ2n) is 8.22. The van der Waals surface area contributed by atoms with Crippen LogP contribution in [0.2, 0.25) is 0 Å². The van der Waals surface area contributed by atoms with Crippen LogP contribution in [-0.2, 0) is 25.7 Å². The number of carbonyl (C=O) groups is 4. The van der Waals surface area contributed by atoms with E-state index >= 15 is 0 Å². The lowest BCUT2D eigenvalue weighted by molar-refractivity contribution is -0.155. The Labute approximate surface area is 169 Å². The molecule has 0 aliphatic carbocycles. The van der Waals surface area contributed by atoms with Crippen LogP contribution in [0.5, 0.6) is 5.75 Å². The summed E-state index contributed by atoms with van der Waals surface area (Å²) >= 11 is 0. The summed E-state index contributed by atoms with van der Waals surface area (Å²) in [4.78, 5) is 49.6. The van der Waals surface area contributed by atoms with Gasteiger partial charge < -0.3 is 14.4 Å². The highest BCUT2D eigenvalue weighted by atomic mass is 16.6. The normalized spacial score (nSPS) is 19.1. The van der Waals surface area contributed by atoms with Crippen molar-refractivity contribution in [2.24, 2.45) is 0 Å². The van der Waals surface area contributed by atoms with E-state index in [-0.39, 0.29) is 37.2 Å². The summed E-state index contributed by atoms with van der Waals surface area (Å²) in [5, 5.41) is 2.29. The molecule has 8 heteroatoms. The van der Waals surface area contributed by atoms with E-state index in [2.05, 4.69) is 5.32 Å². The van der Waals surface area contributed by atoms with E-state index in [1.807, 2.05) is 20.8 Å². The van der Waals surface area contributed by atoms with Gasteiger partial charge in [0.05, 0.1) is 13.2 Å². The van der Waals surface area contributed by atoms with Gasteiger partial charge in [-0.1, -0.05) is 6.07 Å². The number of carbonyl (C=O) groups excluding carboxylic acids is 4. The minimum absolute atomic E-state index is 0.213. The van der Waals surface area contributed by atoms with Crippen LogP contribution in [0.4, 0.5) is 0 Å². The van der Waals surface area contributed by atoms with E-state index in [1.165, 1.54) is 4.90 Å². The molecule has 29 heavy (non-hydrogen) atoms. The van der Waals surface area contributed by atoms with Crippen molar-refractivity contribution in [3.8, 4) is 5.75 Å². The zero-order valence-electron chi connectivity index (χ0n) is 16.9. The molecule has 1 aromatic carbocycles. The number of hydrogen-bond acceptors (Lipinski definition) is 6. The van der Waals surface area contributed by atoms with Crippen molar-refractivity contribution in [2.45, 2.75) is 64.6 Å². The Morgan fingerprint density at radius 3 is 2.69 bits per heavy atom. The summed E-state index contributed by atoms with van der Waals surface area (Å²) < 4.78 is 11.1. The number of amides is 3. The Kier molecular flexibility index (Phi) is 5.91. The Hall–Kier alpha value is -2.90. The Morgan fingerprint density at radius 2 is 2.00 bits per heavy atom. The van der Waals surface area contributed by atoms with Gasteiger partial charge in [-0.25, -0.2) is 0 Å². The molecule has 1 fully saturated rings. The average Bonchev–Trinajstić information content (AvgIpc) is 2.95. The van der Waals surface area contributed by atoms with Crippen molar-refractivity contribution in [1.82, 2.24) is 10.2 Å². The summed E-state index contributed by atoms with van der Waals surface area (Å²) in [5.41, 5.74) is 0.705. The Bertz CT molecular complexity index is 842. The zero-order valence-corrected chi connectivity index (χ0v) is 16.9. The highest BCUT2D eigenvalue weighted by Gasteiger charge is 2.40. The van der Waals surface area contributed by atoms with Crippen molar-refractivity contribution in [2.75, 3.05) is 6.61 Å². The van der Waals surface area contributed by atoms with Crippen molar-refractivity contribution >= 4 is 23.7 Å². The molecule has 1 saturated heterocycles. The number of nitrogens with zero attached hydrogens (tertiary/aromatic N) is 1. The highest BCUT2D eigenvalue weighted by Crippen LogP contribution is 2.33. The lowest BCUT2D eigenvalue weighted by atomic mass is 10.0. The van der Waals surface area contributed by atoms with E-state index in [0.717, 1.165) is 5.56 Å². The number of benzene rings is 1. The molecular weight excluding hydrogens is 376 g/mol. The van der Waals surface area contributed by atoms with Gasteiger partial charge in [-0.2, -0.15) is 0 Å². The number of esters is 1. The first kappa shape index (κ1) is 20.8. The minimum atomic E-state index is -0.660. The van der Waals surface area contributed by atoms with Gasteiger partial charge in [0.15, 0.2) is 0 Å². The van der Waals surface area contributed by atoms with Crippen LogP contribution in [0.25, 0.3) is 0 Å². The maximum Gasteiger partial charge on any atom is 0.306 e. The maximum absolute atomic E-state index is 12.8. The van der Waals surface area contributed by atoms with Crippen LogP contribution in [-0.4, -0.2) is 46.8 Å². The second kappa shape index (κ2) is 8.23. The van der Waals surface area contributed by atoms with Crippen LogP contribution >= 0.6 is 0 Å². The van der Waals surface area contributed by atoms with Crippen LogP contribution in [0.15, 0.2) is 18.2 Å². The number of hydrogen-bond donors (Lipinski definition) is 1. The van der Waals surface area contributed by atoms with Crippen molar-refractivity contribution in [1.29, 1.82) is 0 Å². The molecule has 0 bridgehead atoms. The van der Waals surface area contributed by atoms with Gasteiger partial charge in [0.2, 0.25) is 11.8 Å². The van der Waals surface area contributed by atoms with Crippen molar-refractivity contribution in [3.63, 3.8) is 0 Å². The van der Waals surface area contributed by atoms with Gasteiger partial charge in [0, 0.05) is 24.0 Å². The molecule has 0 radical (unpaired) electrons. The summed E-state index contributed by atoms with van der Waals surface area (Å²) in [6.07, 6.45) is 1.26. The fourth-order valence-electron chi connectivity index (χ4n) is 3.48. The molecule has 8 nitrogen and oxygen atoms in total. The predicted octanol–water partition coefficient (Wildman–Crippen LogP) is 1.95. The van der Waals surface area contributed by atoms with Gasteiger partial charge in [0.1, 0.15) is 17.4 Å². The molecular formula is C21H26N2O6. The molecule has 2 aliphatic heterocycles. The smallest absolute Gasteiger partial charge is 0.306 e. The summed E-state index contributed by atoms with van der Waals surface area (Å²) in [7, 11) is 0. The van der Waals surface area contributed by atoms with Gasteiger partial charge >= 0.3 is 5.97 Å². The van der Waals surface area contributed by atoms with E-state index in [0.29, 0.717) is 30.8 Å². The summed E-state index contributed by atoms with van der Waals surface area (Å²) in [6.45, 7) is 6.02. The van der Waals surface area contributed by atoms with Gasteiger partial charge in [0.25, 0.3) is 5.91 Å². The fraction of sp³-hybridized carbons (Fsp3) is 0.524. The lowest BCUT2D eigenvalue weighted by Gasteiger charge is -2.29. The zero-order chi connectivity index (χ0) is 21.2. The first-order valence-electron chi connectivity index (χ1n) is 9.77. The van der Waals surface area contributed by atoms with E-state index in [9.17, 15) is 19.2 Å². The van der Waals surface area contributed by atoms with Gasteiger partial charge in [-0.15, -0.1) is 0 Å². The molecule has 3 amide bonds. The number of nitrogens with one attached hydrogen (secondary N) is 1. The molecule has 0 aromatic heterocycles. The largest absolute Gasteiger partial charge is 0.493 e. The highest BCUT2D eigenvalue weighted by molar-refractivity contribution is 6.05. The first-order chi connectivity index (χ1) is 13.7. The molecule has 1 atom stereocenters. The predicted molar refractivity (Wildman–Crippen MR) is 103 cm³/mol. The average molecular weight is 402 g/mol. The Balaban J connectivity index is 1.60. The molecule has 156 valence electrons. The number of fused-ring (bicyclic) bond motifs is 1. The van der Waals surface area contributed by atoms with Crippen LogP contribution in [0, 0.1) is 0 Å². The summed E-state index contributed by atoms with van der Waals surface area (Å²) in [5.74, 6) is -0.714. The molecule has 3 rings (SSSR count). The number of ether oxygens (including phenoxy) is 2. The summed E-state index contributed by atoms with van der Waals surface area (Å²) in [6, 6.07) is 4.55. The van der Waals surface area contributed by atoms with E-state index in [1.54, 1.807) is 18.2 Å². The van der Waals surface area contributed by atoms with Crippen molar-refractivity contribution < 1.29 is 28.7 Å². The lowest BCUT2D eigenvalue weighted by Crippen LogP contribution is -2.52. The third kappa shape index (κ3) is 4.93. The molecule has 1 aromatic rings. The third-order valence-electron chi connectivity index (χ3n) is 4.74. The molecule has 0 saturated carbocycles. The standard InChI is InChI=1S/C21H26N2O6/c1-21(2,3)29-18(25)8-5-11-28-16-7-4-6-13-14(16)12-23(20(13)27)15-9-10-17(24)22-19(15)26/h4,6-7,15H,5,8-12H2,1-3H3,(H,22,24,26). The topological polar surface area (TPSA) is 102 Å². The molecule has 2 heterocycles. The molecule has 0 spiro atoms. The van der Waals surface area contributed by atoms with Crippen LogP contribution in [0.1, 0.15) is 62.4 Å². The number of rotatable bonds is 6. The van der Waals surface area contributed by atoms with E-state index < -0.39 is 17.6 Å². The minimum Gasteiger partial charge on any atom is -0.493 e. The SMILES string of the molecule is CC(C)(C)OC(=O)CCCOc1cccc2c1CN(C1CCC(=O)NC1=O)C2=O. The molecule has 1 unspecified atom stereocenters. The van der Waals surface area contributed by atoms with Crippen LogP contribution in [0.3, 0.4) is 0 Å². The first-order valence-corrected chi connectivity index (χ1v) is 9.77. The van der Waals surface area contributed by atoms with Crippen LogP contribution < -0.4 is 10.1 Å². The number of piperidine rings is 1. The molecule has 2 aliphatic rings. The monoisotopic (exact) mass is 402 g/mol. The Morgan fingerprint density at radius 1 is 1.24 bits per heavy atom. The number of imide groups is 1. The van der Waals surface area contributed by atoms with E-state index in [4.69, 9.17) is 9.47 Å². The van der Waals surface area contributed by atoms with Gasteiger partial charge in [-0.05, 0) is 45.7 Å². The third-order valence-corrected chi connectivity index (χ3v) is 4.74. The second-order valence-corrected chi connectivity index (χ2v) is 8.22. The fourth-order valence-corrected chi connectivity index (χ4v) is 3.48.